The monoisotopic (exact) mass is 411 g/mol. The molecule has 0 radical (unpaired) electrons. The van der Waals surface area contributed by atoms with Crippen LogP contribution in [0, 0.1) is 6.92 Å². The molecule has 1 aromatic carbocycles. The second-order valence-corrected chi connectivity index (χ2v) is 6.99. The molecule has 6 nitrogen and oxygen atoms in total. The Morgan fingerprint density at radius 3 is 2.65 bits per heavy atom. The molecule has 0 aliphatic heterocycles. The second kappa shape index (κ2) is 8.12. The van der Waals surface area contributed by atoms with Crippen molar-refractivity contribution in [3.05, 3.63) is 63.0 Å². The van der Waals surface area contributed by atoms with Gasteiger partial charge >= 0.3 is 0 Å². The quantitative estimate of drug-likeness (QED) is 0.651. The summed E-state index contributed by atoms with van der Waals surface area (Å²) >= 11 is 18.1. The highest BCUT2D eigenvalue weighted by atomic mass is 35.5. The van der Waals surface area contributed by atoms with Crippen molar-refractivity contribution >= 4 is 46.5 Å². The SMILES string of the molecule is Cc1ccnn1CCC(=O)Nc1nn(Cc2ccc(Cl)c(Cl)c2)cc1Cl. The highest BCUT2D eigenvalue weighted by Gasteiger charge is 2.12. The number of nitrogens with zero attached hydrogens (tertiary/aromatic N) is 4. The summed E-state index contributed by atoms with van der Waals surface area (Å²) < 4.78 is 3.40. The van der Waals surface area contributed by atoms with Crippen LogP contribution in [-0.4, -0.2) is 25.5 Å². The van der Waals surface area contributed by atoms with Crippen molar-refractivity contribution in [3.8, 4) is 0 Å². The predicted molar refractivity (Wildman–Crippen MR) is 103 cm³/mol. The molecule has 0 unspecified atom stereocenters. The van der Waals surface area contributed by atoms with Crippen molar-refractivity contribution < 1.29 is 4.79 Å². The number of hydrogen-bond donors (Lipinski definition) is 1. The van der Waals surface area contributed by atoms with Gasteiger partial charge in [0.25, 0.3) is 0 Å². The molecule has 0 spiro atoms. The molecule has 0 saturated carbocycles. The van der Waals surface area contributed by atoms with Crippen molar-refractivity contribution in [2.24, 2.45) is 0 Å². The van der Waals surface area contributed by atoms with Crippen molar-refractivity contribution in [2.45, 2.75) is 26.4 Å². The van der Waals surface area contributed by atoms with Gasteiger partial charge in [-0.3, -0.25) is 14.2 Å². The number of amides is 1. The number of halogens is 3. The zero-order valence-corrected chi connectivity index (χ0v) is 16.2. The van der Waals surface area contributed by atoms with Crippen LogP contribution in [0.1, 0.15) is 17.7 Å². The molecule has 3 aromatic rings. The molecule has 9 heteroatoms. The molecule has 2 heterocycles. The smallest absolute Gasteiger partial charge is 0.227 e. The lowest BCUT2D eigenvalue weighted by Gasteiger charge is -2.05. The van der Waals surface area contributed by atoms with Crippen LogP contribution in [0.5, 0.6) is 0 Å². The van der Waals surface area contributed by atoms with Crippen LogP contribution < -0.4 is 5.32 Å². The largest absolute Gasteiger partial charge is 0.308 e. The first kappa shape index (κ1) is 18.8. The lowest BCUT2D eigenvalue weighted by Crippen LogP contribution is -2.16. The van der Waals surface area contributed by atoms with E-state index >= 15 is 0 Å². The average molecular weight is 413 g/mol. The van der Waals surface area contributed by atoms with Gasteiger partial charge in [-0.05, 0) is 30.7 Å². The van der Waals surface area contributed by atoms with Crippen molar-refractivity contribution in [1.29, 1.82) is 0 Å². The summed E-state index contributed by atoms with van der Waals surface area (Å²) in [6.07, 6.45) is 3.63. The van der Waals surface area contributed by atoms with Crippen LogP contribution >= 0.6 is 34.8 Å². The molecule has 1 N–H and O–H groups in total. The molecule has 3 rings (SSSR count). The van der Waals surface area contributed by atoms with E-state index < -0.39 is 0 Å². The van der Waals surface area contributed by atoms with Crippen molar-refractivity contribution in [1.82, 2.24) is 19.6 Å². The first-order chi connectivity index (χ1) is 12.4. The molecule has 2 aromatic heterocycles. The maximum absolute atomic E-state index is 12.1. The standard InChI is InChI=1S/C17H16Cl3N5O/c1-11-4-6-21-25(11)7-5-16(26)22-17-15(20)10-24(23-17)9-12-2-3-13(18)14(19)8-12/h2-4,6,8,10H,5,7,9H2,1H3,(H,22,23,26). The van der Waals surface area contributed by atoms with E-state index in [4.69, 9.17) is 34.8 Å². The first-order valence-corrected chi connectivity index (χ1v) is 9.01. The fourth-order valence-electron chi connectivity index (χ4n) is 2.42. The van der Waals surface area contributed by atoms with Gasteiger partial charge in [-0.25, -0.2) is 0 Å². The van der Waals surface area contributed by atoms with Gasteiger partial charge in [-0.2, -0.15) is 10.2 Å². The minimum Gasteiger partial charge on any atom is -0.308 e. The Kier molecular flexibility index (Phi) is 5.86. The van der Waals surface area contributed by atoms with Gasteiger partial charge in [0.1, 0.15) is 5.02 Å². The third-order valence-electron chi connectivity index (χ3n) is 3.78. The summed E-state index contributed by atoms with van der Waals surface area (Å²) in [5, 5.41) is 12.5. The van der Waals surface area contributed by atoms with Crippen LogP contribution in [0.15, 0.2) is 36.7 Å². The van der Waals surface area contributed by atoms with Crippen LogP contribution in [0.3, 0.4) is 0 Å². The zero-order chi connectivity index (χ0) is 18.7. The number of carbonyl (C=O) groups excluding carboxylic acids is 1. The number of hydrogen-bond acceptors (Lipinski definition) is 3. The molecule has 0 aliphatic carbocycles. The van der Waals surface area contributed by atoms with Gasteiger partial charge in [0.2, 0.25) is 5.91 Å². The van der Waals surface area contributed by atoms with E-state index in [1.54, 1.807) is 33.9 Å². The summed E-state index contributed by atoms with van der Waals surface area (Å²) in [4.78, 5) is 12.1. The van der Waals surface area contributed by atoms with Crippen LogP contribution in [0.25, 0.3) is 0 Å². The molecule has 0 aliphatic rings. The highest BCUT2D eigenvalue weighted by molar-refractivity contribution is 6.42. The summed E-state index contributed by atoms with van der Waals surface area (Å²) in [6, 6.07) is 7.24. The Balaban J connectivity index is 1.61. The molecule has 0 atom stereocenters. The molecule has 0 saturated heterocycles. The molecule has 1 amide bonds. The van der Waals surface area contributed by atoms with E-state index in [2.05, 4.69) is 15.5 Å². The molecule has 26 heavy (non-hydrogen) atoms. The molecule has 0 fully saturated rings. The Labute approximate surface area is 165 Å². The average Bonchev–Trinajstić information content (AvgIpc) is 3.15. The second-order valence-electron chi connectivity index (χ2n) is 5.77. The maximum Gasteiger partial charge on any atom is 0.227 e. The highest BCUT2D eigenvalue weighted by Crippen LogP contribution is 2.24. The lowest BCUT2D eigenvalue weighted by molar-refractivity contribution is -0.116. The molecule has 136 valence electrons. The number of rotatable bonds is 6. The van der Waals surface area contributed by atoms with Gasteiger partial charge in [-0.1, -0.05) is 40.9 Å². The number of carbonyl (C=O) groups is 1. The number of aromatic nitrogens is 4. The van der Waals surface area contributed by atoms with Gasteiger partial charge in [0, 0.05) is 31.1 Å². The summed E-state index contributed by atoms with van der Waals surface area (Å²) in [5.74, 6) is 0.149. The van der Waals surface area contributed by atoms with E-state index in [0.29, 0.717) is 34.0 Å². The van der Waals surface area contributed by atoms with E-state index in [0.717, 1.165) is 11.3 Å². The molecular weight excluding hydrogens is 397 g/mol. The molecular formula is C17H16Cl3N5O. The number of nitrogens with one attached hydrogen (secondary N) is 1. The Morgan fingerprint density at radius 1 is 1.15 bits per heavy atom. The minimum atomic E-state index is -0.179. The van der Waals surface area contributed by atoms with E-state index in [1.807, 2.05) is 19.1 Å². The van der Waals surface area contributed by atoms with E-state index in [1.165, 1.54) is 0 Å². The van der Waals surface area contributed by atoms with Gasteiger partial charge < -0.3 is 5.32 Å². The maximum atomic E-state index is 12.1. The van der Waals surface area contributed by atoms with Gasteiger partial charge in [0.05, 0.1) is 16.6 Å². The van der Waals surface area contributed by atoms with Crippen LogP contribution in [0.2, 0.25) is 15.1 Å². The normalized spacial score (nSPS) is 10.9. The minimum absolute atomic E-state index is 0.179. The van der Waals surface area contributed by atoms with Gasteiger partial charge in [0.15, 0.2) is 5.82 Å². The fraction of sp³-hybridized carbons (Fsp3) is 0.235. The number of aryl methyl sites for hydroxylation is 2. The van der Waals surface area contributed by atoms with E-state index in [9.17, 15) is 4.79 Å². The first-order valence-electron chi connectivity index (χ1n) is 7.87. The van der Waals surface area contributed by atoms with Crippen molar-refractivity contribution in [3.63, 3.8) is 0 Å². The van der Waals surface area contributed by atoms with Gasteiger partial charge in [-0.15, -0.1) is 0 Å². The third-order valence-corrected chi connectivity index (χ3v) is 4.80. The molecule has 0 bridgehead atoms. The fourth-order valence-corrected chi connectivity index (χ4v) is 2.94. The van der Waals surface area contributed by atoms with Crippen LogP contribution in [0.4, 0.5) is 5.82 Å². The Morgan fingerprint density at radius 2 is 1.96 bits per heavy atom. The van der Waals surface area contributed by atoms with Crippen LogP contribution in [-0.2, 0) is 17.9 Å². The summed E-state index contributed by atoms with van der Waals surface area (Å²) in [6.45, 7) is 2.89. The predicted octanol–water partition coefficient (Wildman–Crippen LogP) is 4.43. The third kappa shape index (κ3) is 4.58. The summed E-state index contributed by atoms with van der Waals surface area (Å²) in [5.41, 5.74) is 1.92. The van der Waals surface area contributed by atoms with E-state index in [-0.39, 0.29) is 12.3 Å². The topological polar surface area (TPSA) is 64.7 Å². The van der Waals surface area contributed by atoms with Crippen molar-refractivity contribution in [2.75, 3.05) is 5.32 Å². The Bertz CT molecular complexity index is 934. The Hall–Kier alpha value is -2.02. The number of anilines is 1. The lowest BCUT2D eigenvalue weighted by atomic mass is 10.2. The number of benzene rings is 1. The summed E-state index contributed by atoms with van der Waals surface area (Å²) in [7, 11) is 0. The zero-order valence-electron chi connectivity index (χ0n) is 13.9.